The molecule has 0 saturated carbocycles. The van der Waals surface area contributed by atoms with Gasteiger partial charge in [0.2, 0.25) is 0 Å². The van der Waals surface area contributed by atoms with Gasteiger partial charge in [-0.05, 0) is 36.6 Å². The summed E-state index contributed by atoms with van der Waals surface area (Å²) in [6.45, 7) is 4.17. The van der Waals surface area contributed by atoms with Gasteiger partial charge in [0.05, 0.1) is 5.02 Å². The van der Waals surface area contributed by atoms with Crippen molar-refractivity contribution in [2.45, 2.75) is 32.4 Å². The van der Waals surface area contributed by atoms with Crippen LogP contribution in [-0.2, 0) is 0 Å². The van der Waals surface area contributed by atoms with E-state index in [1.807, 2.05) is 31.2 Å². The molecule has 2 aromatic rings. The molecule has 2 unspecified atom stereocenters. The van der Waals surface area contributed by atoms with Crippen LogP contribution in [0.5, 0.6) is 0 Å². The highest BCUT2D eigenvalue weighted by atomic mass is 35.5. The van der Waals surface area contributed by atoms with Crippen LogP contribution in [0.15, 0.2) is 48.5 Å². The smallest absolute Gasteiger partial charge is 0.142 e. The van der Waals surface area contributed by atoms with E-state index in [1.54, 1.807) is 6.07 Å². The predicted molar refractivity (Wildman–Crippen MR) is 82.4 cm³/mol. The minimum absolute atomic E-state index is 0.0620. The molecule has 0 bridgehead atoms. The van der Waals surface area contributed by atoms with E-state index in [9.17, 15) is 4.39 Å². The molecule has 2 aromatic carbocycles. The second-order valence-electron chi connectivity index (χ2n) is 4.93. The molecular weight excluding hydrogens is 273 g/mol. The normalized spacial score (nSPS) is 14.0. The molecule has 0 spiro atoms. The van der Waals surface area contributed by atoms with Gasteiger partial charge in [0, 0.05) is 12.1 Å². The molecule has 0 aliphatic rings. The van der Waals surface area contributed by atoms with Gasteiger partial charge in [-0.2, -0.15) is 0 Å². The van der Waals surface area contributed by atoms with Gasteiger partial charge in [-0.1, -0.05) is 54.9 Å². The fraction of sp³-hybridized carbons (Fsp3) is 0.294. The second-order valence-corrected chi connectivity index (χ2v) is 5.34. The number of benzene rings is 2. The molecule has 0 radical (unpaired) electrons. The van der Waals surface area contributed by atoms with Gasteiger partial charge in [-0.3, -0.25) is 0 Å². The quantitative estimate of drug-likeness (QED) is 0.790. The maximum absolute atomic E-state index is 13.5. The van der Waals surface area contributed by atoms with E-state index >= 15 is 0 Å². The third-order valence-electron chi connectivity index (χ3n) is 3.51. The summed E-state index contributed by atoms with van der Waals surface area (Å²) in [5.41, 5.74) is 2.15. The molecule has 0 saturated heterocycles. The first-order valence-corrected chi connectivity index (χ1v) is 7.25. The van der Waals surface area contributed by atoms with Gasteiger partial charge in [0.1, 0.15) is 5.82 Å². The molecule has 106 valence electrons. The SMILES string of the molecule is CCC(NC(C)c1ccc(Cl)c(F)c1)c1ccccc1. The van der Waals surface area contributed by atoms with E-state index in [0.717, 1.165) is 12.0 Å². The van der Waals surface area contributed by atoms with Crippen LogP contribution in [-0.4, -0.2) is 0 Å². The molecule has 2 rings (SSSR count). The summed E-state index contributed by atoms with van der Waals surface area (Å²) in [4.78, 5) is 0. The monoisotopic (exact) mass is 291 g/mol. The Bertz CT molecular complexity index is 556. The van der Waals surface area contributed by atoms with Crippen LogP contribution in [0.25, 0.3) is 0 Å². The summed E-state index contributed by atoms with van der Waals surface area (Å²) in [5, 5.41) is 3.70. The highest BCUT2D eigenvalue weighted by Gasteiger charge is 2.14. The zero-order valence-electron chi connectivity index (χ0n) is 11.7. The molecule has 20 heavy (non-hydrogen) atoms. The first-order chi connectivity index (χ1) is 9.61. The Balaban J connectivity index is 2.13. The van der Waals surface area contributed by atoms with Crippen LogP contribution in [0.4, 0.5) is 4.39 Å². The summed E-state index contributed by atoms with van der Waals surface area (Å²) in [6, 6.07) is 15.6. The lowest BCUT2D eigenvalue weighted by molar-refractivity contribution is 0.455. The van der Waals surface area contributed by atoms with Crippen LogP contribution < -0.4 is 5.32 Å². The number of halogens is 2. The fourth-order valence-corrected chi connectivity index (χ4v) is 2.43. The first-order valence-electron chi connectivity index (χ1n) is 6.87. The van der Waals surface area contributed by atoms with Gasteiger partial charge >= 0.3 is 0 Å². The zero-order chi connectivity index (χ0) is 14.5. The van der Waals surface area contributed by atoms with Crippen LogP contribution in [0.1, 0.15) is 43.5 Å². The summed E-state index contributed by atoms with van der Waals surface area (Å²) in [6.07, 6.45) is 0.977. The van der Waals surface area contributed by atoms with Crippen LogP contribution in [0.3, 0.4) is 0 Å². The number of nitrogens with one attached hydrogen (secondary N) is 1. The van der Waals surface area contributed by atoms with Crippen molar-refractivity contribution >= 4 is 11.6 Å². The average Bonchev–Trinajstić information content (AvgIpc) is 2.48. The number of hydrogen-bond acceptors (Lipinski definition) is 1. The summed E-state index contributed by atoms with van der Waals surface area (Å²) in [7, 11) is 0. The first kappa shape index (κ1) is 15.0. The van der Waals surface area contributed by atoms with Crippen molar-refractivity contribution < 1.29 is 4.39 Å². The van der Waals surface area contributed by atoms with E-state index in [1.165, 1.54) is 11.6 Å². The second kappa shape index (κ2) is 6.87. The number of rotatable bonds is 5. The average molecular weight is 292 g/mol. The van der Waals surface area contributed by atoms with Gasteiger partial charge < -0.3 is 5.32 Å². The third-order valence-corrected chi connectivity index (χ3v) is 3.81. The lowest BCUT2D eigenvalue weighted by atomic mass is 10.0. The molecule has 0 aliphatic carbocycles. The molecule has 0 heterocycles. The van der Waals surface area contributed by atoms with Crippen LogP contribution in [0.2, 0.25) is 5.02 Å². The van der Waals surface area contributed by atoms with Crippen molar-refractivity contribution in [1.82, 2.24) is 5.32 Å². The Kier molecular flexibility index (Phi) is 5.16. The summed E-state index contributed by atoms with van der Waals surface area (Å²) >= 11 is 5.72. The standard InChI is InChI=1S/C17H19ClFN/c1-3-17(13-7-5-4-6-8-13)20-12(2)14-9-10-15(18)16(19)11-14/h4-12,17,20H,3H2,1-2H3. The molecule has 0 aromatic heterocycles. The van der Waals surface area contributed by atoms with E-state index in [0.29, 0.717) is 0 Å². The molecule has 0 fully saturated rings. The Morgan fingerprint density at radius 2 is 1.80 bits per heavy atom. The minimum atomic E-state index is -0.370. The van der Waals surface area contributed by atoms with E-state index < -0.39 is 0 Å². The highest BCUT2D eigenvalue weighted by molar-refractivity contribution is 6.30. The Morgan fingerprint density at radius 1 is 1.10 bits per heavy atom. The van der Waals surface area contributed by atoms with Gasteiger partial charge in [0.25, 0.3) is 0 Å². The maximum Gasteiger partial charge on any atom is 0.142 e. The van der Waals surface area contributed by atoms with Crippen LogP contribution >= 0.6 is 11.6 Å². The topological polar surface area (TPSA) is 12.0 Å². The van der Waals surface area contributed by atoms with Crippen molar-refractivity contribution in [1.29, 1.82) is 0 Å². The largest absolute Gasteiger partial charge is 0.303 e. The molecule has 0 aliphatic heterocycles. The van der Waals surface area contributed by atoms with E-state index in [4.69, 9.17) is 11.6 Å². The molecule has 0 amide bonds. The van der Waals surface area contributed by atoms with Crippen molar-refractivity contribution in [2.24, 2.45) is 0 Å². The van der Waals surface area contributed by atoms with Gasteiger partial charge in [-0.25, -0.2) is 4.39 Å². The molecule has 1 N–H and O–H groups in total. The van der Waals surface area contributed by atoms with Crippen LogP contribution in [0, 0.1) is 5.82 Å². The van der Waals surface area contributed by atoms with Gasteiger partial charge in [-0.15, -0.1) is 0 Å². The maximum atomic E-state index is 13.5. The lowest BCUT2D eigenvalue weighted by Crippen LogP contribution is -2.24. The lowest BCUT2D eigenvalue weighted by Gasteiger charge is -2.23. The minimum Gasteiger partial charge on any atom is -0.303 e. The molecule has 2 atom stereocenters. The predicted octanol–water partition coefficient (Wildman–Crippen LogP) is 5.28. The van der Waals surface area contributed by atoms with E-state index in [-0.39, 0.29) is 22.9 Å². The molecule has 1 nitrogen and oxygen atoms in total. The highest BCUT2D eigenvalue weighted by Crippen LogP contribution is 2.24. The Labute approximate surface area is 124 Å². The number of hydrogen-bond donors (Lipinski definition) is 1. The van der Waals surface area contributed by atoms with Crippen molar-refractivity contribution in [3.63, 3.8) is 0 Å². The molecule has 3 heteroatoms. The third kappa shape index (κ3) is 3.59. The summed E-state index contributed by atoms with van der Waals surface area (Å²) in [5.74, 6) is -0.370. The molecular formula is C17H19ClFN. The van der Waals surface area contributed by atoms with Gasteiger partial charge in [0.15, 0.2) is 0 Å². The zero-order valence-corrected chi connectivity index (χ0v) is 12.5. The van der Waals surface area contributed by atoms with Crippen molar-refractivity contribution in [3.05, 3.63) is 70.5 Å². The Hall–Kier alpha value is -1.38. The van der Waals surface area contributed by atoms with E-state index in [2.05, 4.69) is 24.4 Å². The summed E-state index contributed by atoms with van der Waals surface area (Å²) < 4.78 is 13.5. The Morgan fingerprint density at radius 3 is 2.40 bits per heavy atom. The fourth-order valence-electron chi connectivity index (χ4n) is 2.31. The van der Waals surface area contributed by atoms with Crippen molar-refractivity contribution in [3.8, 4) is 0 Å². The van der Waals surface area contributed by atoms with Crippen molar-refractivity contribution in [2.75, 3.05) is 0 Å².